The van der Waals surface area contributed by atoms with Crippen molar-refractivity contribution in [3.63, 3.8) is 0 Å². The van der Waals surface area contributed by atoms with Crippen LogP contribution in [0.4, 0.5) is 0 Å². The largest absolute Gasteiger partial charge is 0.483 e. The minimum atomic E-state index is -0.270. The van der Waals surface area contributed by atoms with Crippen LogP contribution < -0.4 is 10.1 Å². The average molecular weight is 307 g/mol. The second-order valence-electron chi connectivity index (χ2n) is 6.89. The number of ether oxygens (including phenoxy) is 1. The fourth-order valence-electron chi connectivity index (χ4n) is 3.06. The van der Waals surface area contributed by atoms with E-state index < -0.39 is 0 Å². The highest BCUT2D eigenvalue weighted by Crippen LogP contribution is 2.36. The SMILES string of the molecule is Cc1ccc2c(c1)OC(C)(C)C=C2CNC(C)c1ccccc1. The zero-order valence-electron chi connectivity index (χ0n) is 14.4. The van der Waals surface area contributed by atoms with Gasteiger partial charge in [-0.3, -0.25) is 0 Å². The summed E-state index contributed by atoms with van der Waals surface area (Å²) in [5, 5.41) is 3.64. The van der Waals surface area contributed by atoms with Crippen molar-refractivity contribution in [1.82, 2.24) is 5.32 Å². The Morgan fingerprint density at radius 1 is 1.09 bits per heavy atom. The van der Waals surface area contributed by atoms with Crippen LogP contribution in [0.2, 0.25) is 0 Å². The smallest absolute Gasteiger partial charge is 0.128 e. The number of rotatable bonds is 4. The minimum absolute atomic E-state index is 0.270. The van der Waals surface area contributed by atoms with Crippen LogP contribution in [0.3, 0.4) is 0 Å². The number of fused-ring (bicyclic) bond motifs is 1. The molecule has 0 saturated carbocycles. The number of benzene rings is 2. The fourth-order valence-corrected chi connectivity index (χ4v) is 3.06. The van der Waals surface area contributed by atoms with Crippen LogP contribution in [0.15, 0.2) is 54.6 Å². The molecule has 1 unspecified atom stereocenters. The quantitative estimate of drug-likeness (QED) is 0.867. The average Bonchev–Trinajstić information content (AvgIpc) is 2.51. The molecule has 1 atom stereocenters. The molecular weight excluding hydrogens is 282 g/mol. The Morgan fingerprint density at radius 2 is 1.83 bits per heavy atom. The van der Waals surface area contributed by atoms with Gasteiger partial charge in [0.25, 0.3) is 0 Å². The van der Waals surface area contributed by atoms with Gasteiger partial charge in [-0.1, -0.05) is 42.5 Å². The van der Waals surface area contributed by atoms with E-state index >= 15 is 0 Å². The van der Waals surface area contributed by atoms with Gasteiger partial charge in [-0.25, -0.2) is 0 Å². The molecule has 3 rings (SSSR count). The molecule has 0 aromatic heterocycles. The summed E-state index contributed by atoms with van der Waals surface area (Å²) in [5.74, 6) is 0.988. The summed E-state index contributed by atoms with van der Waals surface area (Å²) >= 11 is 0. The van der Waals surface area contributed by atoms with E-state index in [1.165, 1.54) is 22.3 Å². The van der Waals surface area contributed by atoms with Crippen molar-refractivity contribution >= 4 is 5.57 Å². The van der Waals surface area contributed by atoms with Gasteiger partial charge >= 0.3 is 0 Å². The molecular formula is C21H25NO. The first-order chi connectivity index (χ1) is 10.9. The maximum Gasteiger partial charge on any atom is 0.128 e. The Kier molecular flexibility index (Phi) is 4.27. The molecule has 0 amide bonds. The summed E-state index contributed by atoms with van der Waals surface area (Å²) in [5.41, 5.74) is 4.77. The van der Waals surface area contributed by atoms with Crippen molar-refractivity contribution in [3.05, 3.63) is 71.3 Å². The molecule has 0 saturated heterocycles. The lowest BCUT2D eigenvalue weighted by Gasteiger charge is -2.32. The first-order valence-corrected chi connectivity index (χ1v) is 8.25. The lowest BCUT2D eigenvalue weighted by Crippen LogP contribution is -2.31. The van der Waals surface area contributed by atoms with Crippen molar-refractivity contribution in [2.75, 3.05) is 6.54 Å². The summed E-state index contributed by atoms with van der Waals surface area (Å²) in [6.45, 7) is 9.36. The molecule has 2 heteroatoms. The first-order valence-electron chi connectivity index (χ1n) is 8.25. The van der Waals surface area contributed by atoms with Crippen LogP contribution in [-0.4, -0.2) is 12.1 Å². The van der Waals surface area contributed by atoms with Gasteiger partial charge in [-0.2, -0.15) is 0 Å². The molecule has 0 aliphatic carbocycles. The third kappa shape index (κ3) is 3.65. The number of aryl methyl sites for hydroxylation is 1. The number of hydrogen-bond donors (Lipinski definition) is 1. The normalized spacial score (nSPS) is 17.0. The van der Waals surface area contributed by atoms with Crippen LogP contribution in [0.5, 0.6) is 5.75 Å². The van der Waals surface area contributed by atoms with Crippen LogP contribution in [-0.2, 0) is 0 Å². The maximum absolute atomic E-state index is 6.12. The Balaban J connectivity index is 1.80. The van der Waals surface area contributed by atoms with Gasteiger partial charge in [0, 0.05) is 18.2 Å². The second-order valence-corrected chi connectivity index (χ2v) is 6.89. The third-order valence-corrected chi connectivity index (χ3v) is 4.28. The van der Waals surface area contributed by atoms with Crippen LogP contribution in [0.1, 0.15) is 43.5 Å². The summed E-state index contributed by atoms with van der Waals surface area (Å²) in [6.07, 6.45) is 2.23. The van der Waals surface area contributed by atoms with Crippen LogP contribution in [0.25, 0.3) is 5.57 Å². The molecule has 120 valence electrons. The molecule has 2 aromatic carbocycles. The Labute approximate surface area is 139 Å². The molecule has 1 aliphatic rings. The van der Waals surface area contributed by atoms with Gasteiger partial charge < -0.3 is 10.1 Å². The molecule has 1 heterocycles. The lowest BCUT2D eigenvalue weighted by molar-refractivity contribution is 0.157. The highest BCUT2D eigenvalue weighted by Gasteiger charge is 2.26. The molecule has 0 fully saturated rings. The zero-order chi connectivity index (χ0) is 16.4. The standard InChI is InChI=1S/C21H25NO/c1-15-10-11-19-18(13-21(3,4)23-20(19)12-15)14-22-16(2)17-8-6-5-7-9-17/h5-13,16,22H,14H2,1-4H3. The van der Waals surface area contributed by atoms with E-state index in [0.29, 0.717) is 6.04 Å². The van der Waals surface area contributed by atoms with E-state index in [9.17, 15) is 0 Å². The van der Waals surface area contributed by atoms with E-state index in [0.717, 1.165) is 12.3 Å². The third-order valence-electron chi connectivity index (χ3n) is 4.28. The van der Waals surface area contributed by atoms with E-state index in [1.54, 1.807) is 0 Å². The van der Waals surface area contributed by atoms with Crippen molar-refractivity contribution in [3.8, 4) is 5.75 Å². The van der Waals surface area contributed by atoms with Gasteiger partial charge in [-0.15, -0.1) is 0 Å². The highest BCUT2D eigenvalue weighted by atomic mass is 16.5. The van der Waals surface area contributed by atoms with E-state index in [1.807, 2.05) is 0 Å². The predicted octanol–water partition coefficient (Wildman–Crippen LogP) is 4.90. The van der Waals surface area contributed by atoms with Gasteiger partial charge in [0.15, 0.2) is 0 Å². The molecule has 1 aliphatic heterocycles. The van der Waals surface area contributed by atoms with Crippen LogP contribution >= 0.6 is 0 Å². The van der Waals surface area contributed by atoms with E-state index in [2.05, 4.69) is 87.6 Å². The summed E-state index contributed by atoms with van der Waals surface area (Å²) < 4.78 is 6.12. The number of hydrogen-bond acceptors (Lipinski definition) is 2. The molecule has 2 nitrogen and oxygen atoms in total. The number of nitrogens with one attached hydrogen (secondary N) is 1. The predicted molar refractivity (Wildman–Crippen MR) is 96.7 cm³/mol. The molecule has 0 spiro atoms. The fraction of sp³-hybridized carbons (Fsp3) is 0.333. The second kappa shape index (κ2) is 6.21. The summed E-state index contributed by atoms with van der Waals surface area (Å²) in [4.78, 5) is 0. The van der Waals surface area contributed by atoms with Gasteiger partial charge in [-0.05, 0) is 56.5 Å². The zero-order valence-corrected chi connectivity index (χ0v) is 14.4. The Hall–Kier alpha value is -2.06. The van der Waals surface area contributed by atoms with Crippen molar-refractivity contribution < 1.29 is 4.74 Å². The van der Waals surface area contributed by atoms with Gasteiger partial charge in [0.2, 0.25) is 0 Å². The van der Waals surface area contributed by atoms with E-state index in [-0.39, 0.29) is 5.60 Å². The highest BCUT2D eigenvalue weighted by molar-refractivity contribution is 5.74. The Bertz CT molecular complexity index is 716. The van der Waals surface area contributed by atoms with Gasteiger partial charge in [0.1, 0.15) is 11.4 Å². The van der Waals surface area contributed by atoms with Crippen molar-refractivity contribution in [1.29, 1.82) is 0 Å². The van der Waals surface area contributed by atoms with Crippen molar-refractivity contribution in [2.45, 2.75) is 39.3 Å². The van der Waals surface area contributed by atoms with E-state index in [4.69, 9.17) is 4.74 Å². The minimum Gasteiger partial charge on any atom is -0.483 e. The lowest BCUT2D eigenvalue weighted by atomic mass is 9.93. The monoisotopic (exact) mass is 307 g/mol. The summed E-state index contributed by atoms with van der Waals surface area (Å²) in [7, 11) is 0. The molecule has 23 heavy (non-hydrogen) atoms. The molecule has 2 aromatic rings. The van der Waals surface area contributed by atoms with Crippen LogP contribution in [0, 0.1) is 6.92 Å². The topological polar surface area (TPSA) is 21.3 Å². The molecule has 0 radical (unpaired) electrons. The molecule has 1 N–H and O–H groups in total. The Morgan fingerprint density at radius 3 is 2.57 bits per heavy atom. The maximum atomic E-state index is 6.12. The summed E-state index contributed by atoms with van der Waals surface area (Å²) in [6, 6.07) is 17.3. The van der Waals surface area contributed by atoms with Gasteiger partial charge in [0.05, 0.1) is 0 Å². The van der Waals surface area contributed by atoms with Crippen molar-refractivity contribution in [2.24, 2.45) is 0 Å². The molecule has 0 bridgehead atoms. The first kappa shape index (κ1) is 15.8.